The topological polar surface area (TPSA) is 107 Å². The smallest absolute Gasteiger partial charge is 0.235 e. The van der Waals surface area contributed by atoms with Crippen LogP contribution in [0, 0.1) is 0 Å². The van der Waals surface area contributed by atoms with Crippen molar-refractivity contribution in [3.05, 3.63) is 5.82 Å². The van der Waals surface area contributed by atoms with Crippen molar-refractivity contribution in [1.29, 1.82) is 0 Å². The summed E-state index contributed by atoms with van der Waals surface area (Å²) in [5.74, 6) is -0.965. The predicted octanol–water partition coefficient (Wildman–Crippen LogP) is 1.01. The lowest BCUT2D eigenvalue weighted by Crippen LogP contribution is -2.37. The monoisotopic (exact) mass is 343 g/mol. The van der Waals surface area contributed by atoms with Crippen LogP contribution in [0.2, 0.25) is 0 Å². The molecular formula is C14H25N5O3S. The van der Waals surface area contributed by atoms with Gasteiger partial charge in [0.1, 0.15) is 11.5 Å². The molecule has 1 amide bonds. The van der Waals surface area contributed by atoms with Crippen LogP contribution in [0.3, 0.4) is 0 Å². The van der Waals surface area contributed by atoms with Gasteiger partial charge in [0.2, 0.25) is 5.91 Å². The van der Waals surface area contributed by atoms with Crippen LogP contribution in [0.5, 0.6) is 0 Å². The summed E-state index contributed by atoms with van der Waals surface area (Å²) in [4.78, 5) is 11.9. The summed E-state index contributed by atoms with van der Waals surface area (Å²) in [6.07, 6.45) is 6.05. The zero-order valence-corrected chi connectivity index (χ0v) is 14.5. The molecule has 2 rings (SSSR count). The van der Waals surface area contributed by atoms with Crippen molar-refractivity contribution in [2.45, 2.75) is 70.2 Å². The number of carbonyl (C=O) groups excluding carboxylic acids is 1. The molecule has 0 bridgehead atoms. The molecule has 0 spiro atoms. The summed E-state index contributed by atoms with van der Waals surface area (Å²) in [5, 5.41) is 13.9. The fourth-order valence-corrected chi connectivity index (χ4v) is 3.61. The van der Waals surface area contributed by atoms with Crippen molar-refractivity contribution in [2.24, 2.45) is 0 Å². The van der Waals surface area contributed by atoms with Crippen LogP contribution in [-0.4, -0.2) is 46.3 Å². The van der Waals surface area contributed by atoms with Crippen LogP contribution in [-0.2, 0) is 20.4 Å². The predicted molar refractivity (Wildman–Crippen MR) is 85.3 cm³/mol. The van der Waals surface area contributed by atoms with Crippen LogP contribution in [0.15, 0.2) is 0 Å². The Hall–Kier alpha value is -1.51. The van der Waals surface area contributed by atoms with Gasteiger partial charge in [-0.1, -0.05) is 26.2 Å². The lowest BCUT2D eigenvalue weighted by atomic mass is 10.1. The number of rotatable bonds is 10. The maximum absolute atomic E-state index is 12.2. The Balaban J connectivity index is 1.82. The van der Waals surface area contributed by atoms with E-state index in [2.05, 4.69) is 27.8 Å². The van der Waals surface area contributed by atoms with Gasteiger partial charge in [-0.3, -0.25) is 4.79 Å². The number of hydrogen-bond acceptors (Lipinski definition) is 6. The molecule has 1 aliphatic carbocycles. The first-order valence-corrected chi connectivity index (χ1v) is 10.00. The largest absolute Gasteiger partial charge is 0.353 e. The normalized spacial score (nSPS) is 16.3. The van der Waals surface area contributed by atoms with Crippen molar-refractivity contribution in [2.75, 3.05) is 5.75 Å². The first kappa shape index (κ1) is 17.8. The minimum atomic E-state index is -3.58. The standard InChI is InChI=1S/C14H25N5O3S/c1-3-4-5-6-11(2)15-14(20)10-23(21,22)9-13-16-17-18-19(13)12-7-8-12/h11-12H,3-10H2,1-2H3,(H,15,20). The molecule has 1 atom stereocenters. The van der Waals surface area contributed by atoms with Crippen molar-refractivity contribution >= 4 is 15.7 Å². The van der Waals surface area contributed by atoms with E-state index in [0.717, 1.165) is 38.5 Å². The van der Waals surface area contributed by atoms with Gasteiger partial charge >= 0.3 is 0 Å². The lowest BCUT2D eigenvalue weighted by molar-refractivity contribution is -0.119. The maximum atomic E-state index is 12.2. The highest BCUT2D eigenvalue weighted by Crippen LogP contribution is 2.34. The highest BCUT2D eigenvalue weighted by atomic mass is 32.2. The number of tetrazole rings is 1. The molecule has 1 fully saturated rings. The third-order valence-corrected chi connectivity index (χ3v) is 5.20. The quantitative estimate of drug-likeness (QED) is 0.635. The van der Waals surface area contributed by atoms with E-state index in [0.29, 0.717) is 5.82 Å². The molecule has 1 aromatic heterocycles. The first-order chi connectivity index (χ1) is 10.9. The Morgan fingerprint density at radius 2 is 2.13 bits per heavy atom. The highest BCUT2D eigenvalue weighted by molar-refractivity contribution is 7.91. The summed E-state index contributed by atoms with van der Waals surface area (Å²) in [5.41, 5.74) is 0. The Kier molecular flexibility index (Phi) is 6.09. The van der Waals surface area contributed by atoms with E-state index in [9.17, 15) is 13.2 Å². The Labute approximate surface area is 136 Å². The Morgan fingerprint density at radius 3 is 2.78 bits per heavy atom. The molecule has 1 N–H and O–H groups in total. The van der Waals surface area contributed by atoms with E-state index in [1.807, 2.05) is 6.92 Å². The number of carbonyl (C=O) groups is 1. The number of sulfone groups is 1. The van der Waals surface area contributed by atoms with Crippen molar-refractivity contribution in [3.63, 3.8) is 0 Å². The van der Waals surface area contributed by atoms with Gasteiger partial charge in [-0.15, -0.1) is 5.10 Å². The first-order valence-electron chi connectivity index (χ1n) is 8.18. The molecule has 0 saturated heterocycles. The number of unbranched alkanes of at least 4 members (excludes halogenated alkanes) is 2. The second-order valence-corrected chi connectivity index (χ2v) is 8.33. The van der Waals surface area contributed by atoms with E-state index in [4.69, 9.17) is 0 Å². The number of nitrogens with zero attached hydrogens (tertiary/aromatic N) is 4. The van der Waals surface area contributed by atoms with E-state index >= 15 is 0 Å². The molecule has 1 heterocycles. The van der Waals surface area contributed by atoms with E-state index in [-0.39, 0.29) is 17.8 Å². The van der Waals surface area contributed by atoms with Crippen molar-refractivity contribution in [1.82, 2.24) is 25.5 Å². The fraction of sp³-hybridized carbons (Fsp3) is 0.857. The molecular weight excluding hydrogens is 318 g/mol. The molecule has 0 radical (unpaired) electrons. The van der Waals surface area contributed by atoms with Crippen LogP contribution >= 0.6 is 0 Å². The summed E-state index contributed by atoms with van der Waals surface area (Å²) in [7, 11) is -3.58. The zero-order chi connectivity index (χ0) is 16.9. The third-order valence-electron chi connectivity index (χ3n) is 3.80. The second-order valence-electron chi connectivity index (χ2n) is 6.27. The summed E-state index contributed by atoms with van der Waals surface area (Å²) in [6.45, 7) is 4.01. The SMILES string of the molecule is CCCCCC(C)NC(=O)CS(=O)(=O)Cc1nnnn1C1CC1. The molecule has 130 valence electrons. The zero-order valence-electron chi connectivity index (χ0n) is 13.7. The van der Waals surface area contributed by atoms with Gasteiger partial charge in [-0.05, 0) is 36.6 Å². The summed E-state index contributed by atoms with van der Waals surface area (Å²) >= 11 is 0. The van der Waals surface area contributed by atoms with Gasteiger partial charge in [0.25, 0.3) is 0 Å². The van der Waals surface area contributed by atoms with Crippen LogP contribution in [0.4, 0.5) is 0 Å². The van der Waals surface area contributed by atoms with Gasteiger partial charge in [-0.25, -0.2) is 13.1 Å². The van der Waals surface area contributed by atoms with Crippen LogP contribution in [0.1, 0.15) is 64.2 Å². The van der Waals surface area contributed by atoms with Gasteiger partial charge < -0.3 is 5.32 Å². The number of aromatic nitrogens is 4. The van der Waals surface area contributed by atoms with E-state index < -0.39 is 21.5 Å². The average Bonchev–Trinajstić information content (AvgIpc) is 3.19. The average molecular weight is 343 g/mol. The van der Waals surface area contributed by atoms with Crippen LogP contribution < -0.4 is 5.32 Å². The minimum absolute atomic E-state index is 0.0129. The van der Waals surface area contributed by atoms with Crippen molar-refractivity contribution in [3.8, 4) is 0 Å². The van der Waals surface area contributed by atoms with Crippen molar-refractivity contribution < 1.29 is 13.2 Å². The van der Waals surface area contributed by atoms with Gasteiger partial charge in [0.05, 0.1) is 6.04 Å². The molecule has 1 saturated carbocycles. The number of hydrogen-bond donors (Lipinski definition) is 1. The summed E-state index contributed by atoms with van der Waals surface area (Å²) in [6, 6.07) is 0.198. The Bertz CT molecular complexity index is 624. The second kappa shape index (κ2) is 7.85. The number of nitrogens with one attached hydrogen (secondary N) is 1. The molecule has 9 heteroatoms. The fourth-order valence-electron chi connectivity index (χ4n) is 2.45. The van der Waals surface area contributed by atoms with Gasteiger partial charge in [-0.2, -0.15) is 0 Å². The number of amides is 1. The maximum Gasteiger partial charge on any atom is 0.235 e. The molecule has 23 heavy (non-hydrogen) atoms. The van der Waals surface area contributed by atoms with E-state index in [1.165, 1.54) is 0 Å². The molecule has 8 nitrogen and oxygen atoms in total. The molecule has 0 aliphatic heterocycles. The van der Waals surface area contributed by atoms with Gasteiger partial charge in [0, 0.05) is 6.04 Å². The molecule has 0 aromatic carbocycles. The molecule has 1 aliphatic rings. The van der Waals surface area contributed by atoms with Crippen LogP contribution in [0.25, 0.3) is 0 Å². The summed E-state index contributed by atoms with van der Waals surface area (Å²) < 4.78 is 25.9. The molecule has 1 aromatic rings. The minimum Gasteiger partial charge on any atom is -0.353 e. The highest BCUT2D eigenvalue weighted by Gasteiger charge is 2.30. The molecule has 1 unspecified atom stereocenters. The Morgan fingerprint density at radius 1 is 1.39 bits per heavy atom. The lowest BCUT2D eigenvalue weighted by Gasteiger charge is -2.13. The van der Waals surface area contributed by atoms with Gasteiger partial charge in [0.15, 0.2) is 15.7 Å². The third kappa shape index (κ3) is 5.89. The van der Waals surface area contributed by atoms with E-state index in [1.54, 1.807) is 4.68 Å².